The first-order valence-corrected chi connectivity index (χ1v) is 12.1. The molecule has 0 atom stereocenters. The van der Waals surface area contributed by atoms with E-state index in [1.54, 1.807) is 0 Å². The van der Waals surface area contributed by atoms with Gasteiger partial charge < -0.3 is 10.1 Å². The minimum atomic E-state index is -4.72. The van der Waals surface area contributed by atoms with Crippen LogP contribution in [0.5, 0.6) is 11.6 Å². The second kappa shape index (κ2) is 11.1. The Hall–Kier alpha value is -4.44. The van der Waals surface area contributed by atoms with Crippen LogP contribution >= 0.6 is 0 Å². The zero-order valence-electron chi connectivity index (χ0n) is 19.0. The number of hydrogen-bond acceptors (Lipinski definition) is 6. The summed E-state index contributed by atoms with van der Waals surface area (Å²) in [6, 6.07) is 7.13. The van der Waals surface area contributed by atoms with Gasteiger partial charge in [0.25, 0.3) is 0 Å². The van der Waals surface area contributed by atoms with E-state index in [4.69, 9.17) is 11.2 Å². The van der Waals surface area contributed by atoms with Gasteiger partial charge in [-0.05, 0) is 48.0 Å². The van der Waals surface area contributed by atoms with Crippen LogP contribution in [-0.2, 0) is 27.5 Å². The van der Waals surface area contributed by atoms with Crippen LogP contribution in [0, 0.1) is 18.2 Å². The third kappa shape index (κ3) is 7.77. The van der Waals surface area contributed by atoms with Gasteiger partial charge in [-0.1, -0.05) is 5.92 Å². The number of carbonyl (C=O) groups excluding carboxylic acids is 1. The topological polar surface area (TPSA) is 110 Å². The molecular formula is C24H18F4N4O4S. The summed E-state index contributed by atoms with van der Waals surface area (Å²) in [4.78, 5) is 19.6. The molecule has 0 aliphatic heterocycles. The molecule has 13 heteroatoms. The zero-order valence-corrected chi connectivity index (χ0v) is 19.8. The molecule has 2 aromatic heterocycles. The molecule has 8 nitrogen and oxygen atoms in total. The van der Waals surface area contributed by atoms with Crippen molar-refractivity contribution >= 4 is 27.7 Å². The Labute approximate surface area is 209 Å². The first-order chi connectivity index (χ1) is 17.4. The van der Waals surface area contributed by atoms with E-state index < -0.39 is 45.2 Å². The van der Waals surface area contributed by atoms with Gasteiger partial charge in [-0.3, -0.25) is 14.5 Å². The summed E-state index contributed by atoms with van der Waals surface area (Å²) in [6.45, 7) is -0.182. The van der Waals surface area contributed by atoms with E-state index in [9.17, 15) is 30.8 Å². The number of nitrogens with zero attached hydrogens (tertiary/aromatic N) is 2. The van der Waals surface area contributed by atoms with Crippen molar-refractivity contribution in [3.63, 3.8) is 0 Å². The number of nitrogens with one attached hydrogen (secondary N) is 2. The fourth-order valence-electron chi connectivity index (χ4n) is 2.92. The lowest BCUT2D eigenvalue weighted by molar-refractivity contribution is -0.141. The lowest BCUT2D eigenvalue weighted by atomic mass is 10.1. The molecule has 3 rings (SSSR count). The number of sulfonamides is 1. The second-order valence-corrected chi connectivity index (χ2v) is 9.20. The molecule has 0 saturated heterocycles. The van der Waals surface area contributed by atoms with Crippen LogP contribution in [0.25, 0.3) is 6.08 Å². The highest BCUT2D eigenvalue weighted by molar-refractivity contribution is 7.92. The van der Waals surface area contributed by atoms with Gasteiger partial charge in [-0.2, -0.15) is 13.2 Å². The van der Waals surface area contributed by atoms with Crippen molar-refractivity contribution in [2.45, 2.75) is 12.7 Å². The predicted octanol–water partition coefficient (Wildman–Crippen LogP) is 4.11. The molecule has 3 aromatic rings. The average Bonchev–Trinajstić information content (AvgIpc) is 2.82. The lowest BCUT2D eigenvalue weighted by Crippen LogP contribution is -2.20. The number of amides is 1. The first kappa shape index (κ1) is 27.2. The minimum Gasteiger partial charge on any atom is -0.437 e. The van der Waals surface area contributed by atoms with E-state index >= 15 is 0 Å². The van der Waals surface area contributed by atoms with E-state index in [2.05, 4.69) is 21.2 Å². The van der Waals surface area contributed by atoms with Crippen LogP contribution in [0.2, 0.25) is 0 Å². The average molecular weight is 534 g/mol. The number of pyridine rings is 2. The van der Waals surface area contributed by atoms with Crippen molar-refractivity contribution in [2.24, 2.45) is 0 Å². The van der Waals surface area contributed by atoms with Gasteiger partial charge in [0.2, 0.25) is 21.8 Å². The zero-order chi connectivity index (χ0) is 27.2. The quantitative estimate of drug-likeness (QED) is 0.256. The molecule has 0 aliphatic rings. The molecule has 0 saturated carbocycles. The summed E-state index contributed by atoms with van der Waals surface area (Å²) in [6.07, 6.45) is 6.41. The highest BCUT2D eigenvalue weighted by Gasteiger charge is 2.33. The maximum Gasteiger partial charge on any atom is 0.433 e. The second-order valence-electron chi connectivity index (χ2n) is 7.45. The van der Waals surface area contributed by atoms with E-state index in [0.717, 1.165) is 30.5 Å². The number of alkyl halides is 3. The smallest absolute Gasteiger partial charge is 0.433 e. The summed E-state index contributed by atoms with van der Waals surface area (Å²) in [7, 11) is -3.78. The number of aromatic nitrogens is 2. The molecule has 1 aromatic carbocycles. The van der Waals surface area contributed by atoms with Gasteiger partial charge in [0.05, 0.1) is 23.7 Å². The van der Waals surface area contributed by atoms with Crippen molar-refractivity contribution in [3.8, 4) is 24.0 Å². The summed E-state index contributed by atoms with van der Waals surface area (Å²) in [5, 5.41) is 2.47. The third-order valence-corrected chi connectivity index (χ3v) is 5.08. The molecule has 2 heterocycles. The Morgan fingerprint density at radius 1 is 1.24 bits per heavy atom. The molecular weight excluding hydrogens is 516 g/mol. The number of rotatable bonds is 8. The molecule has 0 bridgehead atoms. The summed E-state index contributed by atoms with van der Waals surface area (Å²) in [5.74, 6) is 0.298. The molecule has 2 N–H and O–H groups in total. The Kier molecular flexibility index (Phi) is 8.14. The van der Waals surface area contributed by atoms with Gasteiger partial charge in [0.1, 0.15) is 17.3 Å². The highest BCUT2D eigenvalue weighted by Crippen LogP contribution is 2.32. The van der Waals surface area contributed by atoms with Gasteiger partial charge in [-0.15, -0.1) is 6.42 Å². The van der Waals surface area contributed by atoms with Crippen molar-refractivity contribution in [1.29, 1.82) is 0 Å². The van der Waals surface area contributed by atoms with Crippen molar-refractivity contribution in [3.05, 3.63) is 83.1 Å². The van der Waals surface area contributed by atoms with Crippen molar-refractivity contribution in [1.82, 2.24) is 15.3 Å². The van der Waals surface area contributed by atoms with Gasteiger partial charge in [0.15, 0.2) is 0 Å². The number of hydrogen-bond donors (Lipinski definition) is 2. The van der Waals surface area contributed by atoms with Crippen LogP contribution < -0.4 is 14.8 Å². The van der Waals surface area contributed by atoms with Crippen LogP contribution in [0.4, 0.5) is 23.2 Å². The van der Waals surface area contributed by atoms with E-state index in [1.807, 2.05) is 4.72 Å². The van der Waals surface area contributed by atoms with Crippen molar-refractivity contribution < 1.29 is 35.5 Å². The van der Waals surface area contributed by atoms with Crippen LogP contribution in [0.15, 0.2) is 54.9 Å². The lowest BCUT2D eigenvalue weighted by Gasteiger charge is -2.12. The van der Waals surface area contributed by atoms with Crippen LogP contribution in [0.3, 0.4) is 0 Å². The molecule has 1 amide bonds. The Morgan fingerprint density at radius 3 is 2.62 bits per heavy atom. The Bertz CT molecular complexity index is 1490. The maximum absolute atomic E-state index is 14.4. The molecule has 0 spiro atoms. The molecule has 37 heavy (non-hydrogen) atoms. The fourth-order valence-corrected chi connectivity index (χ4v) is 3.50. The maximum atomic E-state index is 14.4. The summed E-state index contributed by atoms with van der Waals surface area (Å²) >= 11 is 0. The number of halogens is 4. The molecule has 0 aliphatic carbocycles. The number of carbonyl (C=O) groups is 1. The largest absolute Gasteiger partial charge is 0.437 e. The summed E-state index contributed by atoms with van der Waals surface area (Å²) in [5.41, 5.74) is -1.34. The Balaban J connectivity index is 1.77. The van der Waals surface area contributed by atoms with Gasteiger partial charge >= 0.3 is 6.18 Å². The number of benzene rings is 1. The monoisotopic (exact) mass is 534 g/mol. The summed E-state index contributed by atoms with van der Waals surface area (Å²) < 4.78 is 84.0. The van der Waals surface area contributed by atoms with Crippen LogP contribution in [-0.4, -0.2) is 30.5 Å². The fraction of sp³-hybridized carbons (Fsp3) is 0.125. The minimum absolute atomic E-state index is 0.0711. The number of ether oxygens (including phenoxy) is 1. The highest BCUT2D eigenvalue weighted by atomic mass is 32.2. The first-order valence-electron chi connectivity index (χ1n) is 10.2. The Morgan fingerprint density at radius 2 is 2.00 bits per heavy atom. The molecule has 0 radical (unpaired) electrons. The normalized spacial score (nSPS) is 11.7. The van der Waals surface area contributed by atoms with E-state index in [-0.39, 0.29) is 29.0 Å². The predicted molar refractivity (Wildman–Crippen MR) is 127 cm³/mol. The molecule has 0 fully saturated rings. The number of anilines is 1. The van der Waals surface area contributed by atoms with Gasteiger partial charge in [-0.25, -0.2) is 17.8 Å². The SMILES string of the molecule is C#Cc1cc(CNC(=O)C=Cc2ccc(C(F)(F)F)nc2Oc2cccnc2)cc(F)c1NS(C)(=O)=O. The van der Waals surface area contributed by atoms with Crippen LogP contribution in [0.1, 0.15) is 22.4 Å². The molecule has 192 valence electrons. The van der Waals surface area contributed by atoms with E-state index in [0.29, 0.717) is 0 Å². The van der Waals surface area contributed by atoms with Gasteiger partial charge in [0, 0.05) is 24.4 Å². The third-order valence-electron chi connectivity index (χ3n) is 4.50. The molecule has 0 unspecified atom stereocenters. The number of terminal acetylenes is 1. The standard InChI is InChI=1S/C24H18F4N4O4S/c1-3-16-11-15(12-19(25)22(16)32-37(2,34)35)13-30-21(33)9-7-17-6-8-20(24(26,27)28)31-23(17)36-18-5-4-10-29-14-18/h1,4-12,14,32H,13H2,2H3,(H,30,33). The van der Waals surface area contributed by atoms with E-state index in [1.165, 1.54) is 36.7 Å². The van der Waals surface area contributed by atoms with Crippen molar-refractivity contribution in [2.75, 3.05) is 11.0 Å².